The number of hydrogen-bond acceptors (Lipinski definition) is 2. The molecule has 0 unspecified atom stereocenters. The standard InChI is InChI=1S/C22H20N2O/c1-2-7-17(8-3-1)9-6-14-25-20-12-4-10-18(15-20)21-16-19-11-5-13-23-22(19)24-21/h1-5,7-8,10-13,15-16H,6,9,14H2,(H,23,24). The first-order valence-electron chi connectivity index (χ1n) is 8.59. The second-order valence-corrected chi connectivity index (χ2v) is 6.09. The third-order valence-electron chi connectivity index (χ3n) is 4.26. The minimum absolute atomic E-state index is 0.715. The van der Waals surface area contributed by atoms with Crippen molar-refractivity contribution < 1.29 is 4.74 Å². The number of aromatic amines is 1. The summed E-state index contributed by atoms with van der Waals surface area (Å²) in [5, 5.41) is 1.12. The lowest BCUT2D eigenvalue weighted by Crippen LogP contribution is -1.99. The molecule has 2 aromatic carbocycles. The van der Waals surface area contributed by atoms with Gasteiger partial charge in [-0.3, -0.25) is 0 Å². The molecule has 2 aromatic heterocycles. The Morgan fingerprint density at radius 2 is 1.80 bits per heavy atom. The third kappa shape index (κ3) is 3.72. The van der Waals surface area contributed by atoms with E-state index in [4.69, 9.17) is 4.74 Å². The van der Waals surface area contributed by atoms with Gasteiger partial charge in [-0.15, -0.1) is 0 Å². The van der Waals surface area contributed by atoms with Gasteiger partial charge in [0.25, 0.3) is 0 Å². The van der Waals surface area contributed by atoms with Crippen molar-refractivity contribution in [1.82, 2.24) is 9.97 Å². The Kier molecular flexibility index (Phi) is 4.46. The lowest BCUT2D eigenvalue weighted by atomic mass is 10.1. The number of nitrogens with one attached hydrogen (secondary N) is 1. The second kappa shape index (κ2) is 7.22. The highest BCUT2D eigenvalue weighted by Crippen LogP contribution is 2.26. The number of aromatic nitrogens is 2. The fraction of sp³-hybridized carbons (Fsp3) is 0.136. The average Bonchev–Trinajstić information content (AvgIpc) is 3.11. The van der Waals surface area contributed by atoms with Crippen molar-refractivity contribution in [2.24, 2.45) is 0 Å². The zero-order chi connectivity index (χ0) is 16.9. The number of rotatable bonds is 6. The van der Waals surface area contributed by atoms with Crippen molar-refractivity contribution in [3.8, 4) is 17.0 Å². The number of aryl methyl sites for hydroxylation is 1. The van der Waals surface area contributed by atoms with Gasteiger partial charge in [0.1, 0.15) is 11.4 Å². The van der Waals surface area contributed by atoms with Gasteiger partial charge >= 0.3 is 0 Å². The molecule has 0 atom stereocenters. The minimum atomic E-state index is 0.715. The minimum Gasteiger partial charge on any atom is -0.494 e. The second-order valence-electron chi connectivity index (χ2n) is 6.09. The predicted molar refractivity (Wildman–Crippen MR) is 102 cm³/mol. The Labute approximate surface area is 147 Å². The molecule has 3 nitrogen and oxygen atoms in total. The Bertz CT molecular complexity index is 927. The van der Waals surface area contributed by atoms with E-state index in [0.717, 1.165) is 40.9 Å². The Morgan fingerprint density at radius 3 is 2.68 bits per heavy atom. The largest absolute Gasteiger partial charge is 0.494 e. The molecule has 2 heterocycles. The summed E-state index contributed by atoms with van der Waals surface area (Å²) in [5.74, 6) is 0.900. The molecule has 0 saturated heterocycles. The molecule has 0 spiro atoms. The summed E-state index contributed by atoms with van der Waals surface area (Å²) in [6.45, 7) is 0.715. The van der Waals surface area contributed by atoms with E-state index in [-0.39, 0.29) is 0 Å². The molecule has 3 heteroatoms. The summed E-state index contributed by atoms with van der Waals surface area (Å²) < 4.78 is 5.93. The number of nitrogens with zero attached hydrogens (tertiary/aromatic N) is 1. The van der Waals surface area contributed by atoms with Crippen LogP contribution in [0.3, 0.4) is 0 Å². The quantitative estimate of drug-likeness (QED) is 0.491. The van der Waals surface area contributed by atoms with Crippen LogP contribution in [0.4, 0.5) is 0 Å². The molecular weight excluding hydrogens is 308 g/mol. The molecule has 1 N–H and O–H groups in total. The highest BCUT2D eigenvalue weighted by molar-refractivity contribution is 5.83. The lowest BCUT2D eigenvalue weighted by Gasteiger charge is -2.08. The van der Waals surface area contributed by atoms with E-state index in [9.17, 15) is 0 Å². The van der Waals surface area contributed by atoms with Crippen LogP contribution < -0.4 is 4.74 Å². The average molecular weight is 328 g/mol. The smallest absolute Gasteiger partial charge is 0.137 e. The SMILES string of the molecule is c1ccc(CCCOc2cccc(-c3cc4cccnc4[nH]3)c2)cc1. The van der Waals surface area contributed by atoms with Gasteiger partial charge in [0.2, 0.25) is 0 Å². The number of fused-ring (bicyclic) bond motifs is 1. The first kappa shape index (κ1) is 15.5. The Balaban J connectivity index is 1.41. The van der Waals surface area contributed by atoms with E-state index in [1.54, 1.807) is 6.20 Å². The van der Waals surface area contributed by atoms with Gasteiger partial charge in [-0.05, 0) is 48.7 Å². The zero-order valence-corrected chi connectivity index (χ0v) is 14.0. The maximum absolute atomic E-state index is 5.93. The van der Waals surface area contributed by atoms with E-state index in [1.807, 2.05) is 24.3 Å². The van der Waals surface area contributed by atoms with Crippen LogP contribution in [0.2, 0.25) is 0 Å². The fourth-order valence-electron chi connectivity index (χ4n) is 2.98. The van der Waals surface area contributed by atoms with Gasteiger partial charge in [-0.2, -0.15) is 0 Å². The van der Waals surface area contributed by atoms with E-state index < -0.39 is 0 Å². The van der Waals surface area contributed by atoms with Crippen molar-refractivity contribution in [3.05, 3.63) is 84.6 Å². The summed E-state index contributed by atoms with van der Waals surface area (Å²) in [6, 6.07) is 24.8. The van der Waals surface area contributed by atoms with E-state index >= 15 is 0 Å². The third-order valence-corrected chi connectivity index (χ3v) is 4.26. The van der Waals surface area contributed by atoms with E-state index in [0.29, 0.717) is 6.61 Å². The molecule has 124 valence electrons. The number of pyridine rings is 1. The summed E-state index contributed by atoms with van der Waals surface area (Å²) in [5.41, 5.74) is 4.43. The van der Waals surface area contributed by atoms with Crippen LogP contribution in [0, 0.1) is 0 Å². The molecule has 4 rings (SSSR count). The van der Waals surface area contributed by atoms with Gasteiger partial charge in [0, 0.05) is 22.8 Å². The first-order valence-corrected chi connectivity index (χ1v) is 8.59. The summed E-state index contributed by atoms with van der Waals surface area (Å²) >= 11 is 0. The number of hydrogen-bond donors (Lipinski definition) is 1. The number of benzene rings is 2. The maximum Gasteiger partial charge on any atom is 0.137 e. The van der Waals surface area contributed by atoms with Crippen molar-refractivity contribution in [3.63, 3.8) is 0 Å². The molecule has 0 saturated carbocycles. The molecule has 0 aliphatic rings. The molecule has 0 radical (unpaired) electrons. The molecule has 0 aliphatic heterocycles. The normalized spacial score (nSPS) is 10.9. The van der Waals surface area contributed by atoms with Gasteiger partial charge < -0.3 is 9.72 Å². The molecule has 0 bridgehead atoms. The van der Waals surface area contributed by atoms with Crippen LogP contribution in [0.15, 0.2) is 79.0 Å². The van der Waals surface area contributed by atoms with Crippen molar-refractivity contribution in [1.29, 1.82) is 0 Å². The molecule has 0 amide bonds. The lowest BCUT2D eigenvalue weighted by molar-refractivity contribution is 0.311. The van der Waals surface area contributed by atoms with Crippen LogP contribution in [-0.2, 0) is 6.42 Å². The summed E-state index contributed by atoms with van der Waals surface area (Å²) in [7, 11) is 0. The van der Waals surface area contributed by atoms with Crippen LogP contribution in [0.1, 0.15) is 12.0 Å². The number of H-pyrrole nitrogens is 1. The monoisotopic (exact) mass is 328 g/mol. The van der Waals surface area contributed by atoms with Gasteiger partial charge in [0.05, 0.1) is 6.61 Å². The Hall–Kier alpha value is -3.07. The van der Waals surface area contributed by atoms with Crippen LogP contribution in [-0.4, -0.2) is 16.6 Å². The van der Waals surface area contributed by atoms with Gasteiger partial charge in [0.15, 0.2) is 0 Å². The van der Waals surface area contributed by atoms with Gasteiger partial charge in [-0.1, -0.05) is 42.5 Å². The van der Waals surface area contributed by atoms with Crippen molar-refractivity contribution in [2.75, 3.05) is 6.61 Å². The van der Waals surface area contributed by atoms with E-state index in [2.05, 4.69) is 58.5 Å². The van der Waals surface area contributed by atoms with Crippen LogP contribution in [0.5, 0.6) is 5.75 Å². The van der Waals surface area contributed by atoms with Crippen LogP contribution >= 0.6 is 0 Å². The fourth-order valence-corrected chi connectivity index (χ4v) is 2.98. The van der Waals surface area contributed by atoms with E-state index in [1.165, 1.54) is 5.56 Å². The van der Waals surface area contributed by atoms with Crippen molar-refractivity contribution >= 4 is 11.0 Å². The predicted octanol–water partition coefficient (Wildman–Crippen LogP) is 5.24. The topological polar surface area (TPSA) is 37.9 Å². The summed E-state index contributed by atoms with van der Waals surface area (Å²) in [6.07, 6.45) is 3.84. The molecule has 0 aliphatic carbocycles. The highest BCUT2D eigenvalue weighted by Gasteiger charge is 2.05. The maximum atomic E-state index is 5.93. The molecule has 4 aromatic rings. The molecule has 25 heavy (non-hydrogen) atoms. The first-order chi connectivity index (χ1) is 12.4. The Morgan fingerprint density at radius 1 is 0.880 bits per heavy atom. The molecule has 0 fully saturated rings. The van der Waals surface area contributed by atoms with Gasteiger partial charge in [-0.25, -0.2) is 4.98 Å². The highest BCUT2D eigenvalue weighted by atomic mass is 16.5. The number of ether oxygens (including phenoxy) is 1. The van der Waals surface area contributed by atoms with Crippen molar-refractivity contribution in [2.45, 2.75) is 12.8 Å². The molecular formula is C22H20N2O. The van der Waals surface area contributed by atoms with Crippen LogP contribution in [0.25, 0.3) is 22.3 Å². The summed E-state index contributed by atoms with van der Waals surface area (Å²) in [4.78, 5) is 7.71. The zero-order valence-electron chi connectivity index (χ0n) is 14.0.